The van der Waals surface area contributed by atoms with E-state index in [0.29, 0.717) is 12.1 Å². The molecule has 1 aromatic heterocycles. The molecule has 1 heterocycles. The molecule has 0 fully saturated rings. The van der Waals surface area contributed by atoms with Crippen LogP contribution in [0.15, 0.2) is 36.8 Å². The van der Waals surface area contributed by atoms with Gasteiger partial charge in [-0.25, -0.2) is 9.78 Å². The lowest BCUT2D eigenvalue weighted by molar-refractivity contribution is 0.0600. The summed E-state index contributed by atoms with van der Waals surface area (Å²) < 4.78 is 6.49. The van der Waals surface area contributed by atoms with Crippen LogP contribution in [0.25, 0.3) is 0 Å². The number of carbonyl (C=O) groups is 1. The molecule has 1 N–H and O–H groups in total. The van der Waals surface area contributed by atoms with Crippen molar-refractivity contribution >= 4 is 5.97 Å². The highest BCUT2D eigenvalue weighted by Crippen LogP contribution is 2.09. The van der Waals surface area contributed by atoms with Gasteiger partial charge in [-0.05, 0) is 17.7 Å². The third-order valence-electron chi connectivity index (χ3n) is 2.69. The Morgan fingerprint density at radius 3 is 2.72 bits per heavy atom. The molecule has 2 rings (SSSR count). The molecule has 0 aliphatic carbocycles. The lowest BCUT2D eigenvalue weighted by Gasteiger charge is -2.07. The van der Waals surface area contributed by atoms with E-state index in [1.165, 1.54) is 7.11 Å². The van der Waals surface area contributed by atoms with E-state index in [1.54, 1.807) is 24.7 Å². The van der Waals surface area contributed by atoms with E-state index in [1.807, 2.05) is 16.7 Å². The molecule has 0 amide bonds. The highest BCUT2D eigenvalue weighted by atomic mass is 16.5. The highest BCUT2D eigenvalue weighted by molar-refractivity contribution is 5.89. The van der Waals surface area contributed by atoms with Crippen LogP contribution in [0.2, 0.25) is 0 Å². The van der Waals surface area contributed by atoms with Crippen LogP contribution in [0.3, 0.4) is 0 Å². The average molecular weight is 246 g/mol. The van der Waals surface area contributed by atoms with Crippen molar-refractivity contribution in [1.29, 1.82) is 0 Å². The van der Waals surface area contributed by atoms with Crippen LogP contribution in [-0.2, 0) is 17.9 Å². The van der Waals surface area contributed by atoms with Gasteiger partial charge in [0.25, 0.3) is 0 Å². The third-order valence-corrected chi connectivity index (χ3v) is 2.69. The predicted octanol–water partition coefficient (Wildman–Crippen LogP) is 1.21. The number of esters is 1. The van der Waals surface area contributed by atoms with Crippen molar-refractivity contribution in [2.75, 3.05) is 7.11 Å². The molecular weight excluding hydrogens is 232 g/mol. The van der Waals surface area contributed by atoms with Gasteiger partial charge in [0.2, 0.25) is 0 Å². The van der Waals surface area contributed by atoms with E-state index in [0.717, 1.165) is 11.3 Å². The number of rotatable bonds is 4. The zero-order valence-electron chi connectivity index (χ0n) is 10.0. The summed E-state index contributed by atoms with van der Waals surface area (Å²) in [6, 6.07) is 7.15. The van der Waals surface area contributed by atoms with E-state index >= 15 is 0 Å². The van der Waals surface area contributed by atoms with Crippen LogP contribution in [0.5, 0.6) is 0 Å². The molecule has 5 nitrogen and oxygen atoms in total. The molecule has 0 saturated carbocycles. The van der Waals surface area contributed by atoms with Crippen molar-refractivity contribution in [3.8, 4) is 0 Å². The first-order valence-electron chi connectivity index (χ1n) is 5.51. The number of aliphatic hydroxyl groups excluding tert-OH is 1. The minimum Gasteiger partial charge on any atom is -0.465 e. The Kier molecular flexibility index (Phi) is 3.74. The quantitative estimate of drug-likeness (QED) is 0.823. The van der Waals surface area contributed by atoms with Crippen molar-refractivity contribution in [2.45, 2.75) is 13.2 Å². The number of aromatic nitrogens is 2. The SMILES string of the molecule is COC(=O)c1ccc(Cn2cncc2CO)cc1. The first-order valence-corrected chi connectivity index (χ1v) is 5.51. The maximum Gasteiger partial charge on any atom is 0.337 e. The van der Waals surface area contributed by atoms with E-state index in [-0.39, 0.29) is 12.6 Å². The van der Waals surface area contributed by atoms with Crippen molar-refractivity contribution in [3.05, 3.63) is 53.6 Å². The van der Waals surface area contributed by atoms with Gasteiger partial charge in [-0.15, -0.1) is 0 Å². The van der Waals surface area contributed by atoms with Crippen LogP contribution in [-0.4, -0.2) is 27.7 Å². The normalized spacial score (nSPS) is 10.3. The van der Waals surface area contributed by atoms with Gasteiger partial charge >= 0.3 is 5.97 Å². The monoisotopic (exact) mass is 246 g/mol. The summed E-state index contributed by atoms with van der Waals surface area (Å²) in [4.78, 5) is 15.2. The zero-order chi connectivity index (χ0) is 13.0. The molecule has 94 valence electrons. The van der Waals surface area contributed by atoms with Crippen LogP contribution < -0.4 is 0 Å². The number of methoxy groups -OCH3 is 1. The smallest absolute Gasteiger partial charge is 0.337 e. The molecule has 0 aliphatic heterocycles. The Hall–Kier alpha value is -2.14. The second-order valence-electron chi connectivity index (χ2n) is 3.86. The first-order chi connectivity index (χ1) is 8.74. The zero-order valence-corrected chi connectivity index (χ0v) is 10.0. The van der Waals surface area contributed by atoms with Crippen LogP contribution >= 0.6 is 0 Å². The first kappa shape index (κ1) is 12.3. The van der Waals surface area contributed by atoms with Crippen molar-refractivity contribution in [3.63, 3.8) is 0 Å². The minimum absolute atomic E-state index is 0.0414. The molecule has 0 saturated heterocycles. The Morgan fingerprint density at radius 2 is 2.11 bits per heavy atom. The van der Waals surface area contributed by atoms with E-state index in [2.05, 4.69) is 9.72 Å². The van der Waals surface area contributed by atoms with E-state index < -0.39 is 0 Å². The van der Waals surface area contributed by atoms with Crippen molar-refractivity contribution in [1.82, 2.24) is 9.55 Å². The van der Waals surface area contributed by atoms with Gasteiger partial charge in [-0.2, -0.15) is 0 Å². The summed E-state index contributed by atoms with van der Waals surface area (Å²) in [6.07, 6.45) is 3.29. The summed E-state index contributed by atoms with van der Waals surface area (Å²) in [6.45, 7) is 0.567. The largest absolute Gasteiger partial charge is 0.465 e. The molecular formula is C13H14N2O3. The van der Waals surface area contributed by atoms with Gasteiger partial charge in [-0.1, -0.05) is 12.1 Å². The number of carbonyl (C=O) groups excluding carboxylic acids is 1. The molecule has 0 unspecified atom stereocenters. The van der Waals surface area contributed by atoms with Gasteiger partial charge in [0.1, 0.15) is 0 Å². The highest BCUT2D eigenvalue weighted by Gasteiger charge is 2.05. The van der Waals surface area contributed by atoms with E-state index in [9.17, 15) is 4.79 Å². The second kappa shape index (κ2) is 5.46. The van der Waals surface area contributed by atoms with Gasteiger partial charge in [0.15, 0.2) is 0 Å². The molecule has 0 radical (unpaired) electrons. The number of ether oxygens (including phenoxy) is 1. The second-order valence-corrected chi connectivity index (χ2v) is 3.86. The number of nitrogens with zero attached hydrogens (tertiary/aromatic N) is 2. The summed E-state index contributed by atoms with van der Waals surface area (Å²) in [5.41, 5.74) is 2.30. The molecule has 0 bridgehead atoms. The maximum atomic E-state index is 11.3. The molecule has 0 spiro atoms. The average Bonchev–Trinajstić information content (AvgIpc) is 2.86. The standard InChI is InChI=1S/C13H14N2O3/c1-18-13(17)11-4-2-10(3-5-11)7-15-9-14-6-12(15)8-16/h2-6,9,16H,7-8H2,1H3. The maximum absolute atomic E-state index is 11.3. The fourth-order valence-electron chi connectivity index (χ4n) is 1.68. The lowest BCUT2D eigenvalue weighted by atomic mass is 10.1. The summed E-state index contributed by atoms with van der Waals surface area (Å²) in [5, 5.41) is 9.11. The number of imidazole rings is 1. The molecule has 5 heteroatoms. The van der Waals surface area contributed by atoms with Gasteiger partial charge in [0, 0.05) is 6.54 Å². The summed E-state index contributed by atoms with van der Waals surface area (Å²) >= 11 is 0. The van der Waals surface area contributed by atoms with Crippen LogP contribution in [0.1, 0.15) is 21.6 Å². The van der Waals surface area contributed by atoms with Gasteiger partial charge < -0.3 is 14.4 Å². The summed E-state index contributed by atoms with van der Waals surface area (Å²) in [5.74, 6) is -0.347. The third kappa shape index (κ3) is 2.57. The number of hydrogen-bond donors (Lipinski definition) is 1. The molecule has 0 aliphatic rings. The van der Waals surface area contributed by atoms with Crippen molar-refractivity contribution < 1.29 is 14.6 Å². The number of benzene rings is 1. The molecule has 0 atom stereocenters. The van der Waals surface area contributed by atoms with Crippen molar-refractivity contribution in [2.24, 2.45) is 0 Å². The molecule has 18 heavy (non-hydrogen) atoms. The molecule has 2 aromatic rings. The number of hydrogen-bond acceptors (Lipinski definition) is 4. The van der Waals surface area contributed by atoms with E-state index in [4.69, 9.17) is 5.11 Å². The topological polar surface area (TPSA) is 64.4 Å². The fourth-order valence-corrected chi connectivity index (χ4v) is 1.68. The lowest BCUT2D eigenvalue weighted by Crippen LogP contribution is -2.04. The fraction of sp³-hybridized carbons (Fsp3) is 0.231. The Bertz CT molecular complexity index is 531. The van der Waals surface area contributed by atoms with Gasteiger partial charge in [-0.3, -0.25) is 0 Å². The minimum atomic E-state index is -0.347. The Balaban J connectivity index is 2.13. The van der Waals surface area contributed by atoms with Crippen LogP contribution in [0.4, 0.5) is 0 Å². The Labute approximate surface area is 105 Å². The van der Waals surface area contributed by atoms with Crippen LogP contribution in [0, 0.1) is 0 Å². The number of aliphatic hydroxyl groups is 1. The predicted molar refractivity (Wildman–Crippen MR) is 65.0 cm³/mol. The Morgan fingerprint density at radius 1 is 1.39 bits per heavy atom. The summed E-state index contributed by atoms with van der Waals surface area (Å²) in [7, 11) is 1.36. The van der Waals surface area contributed by atoms with Gasteiger partial charge in [0.05, 0.1) is 37.5 Å². The molecule has 1 aromatic carbocycles.